The van der Waals surface area contributed by atoms with Crippen LogP contribution in [0, 0.1) is 0 Å². The lowest BCUT2D eigenvalue weighted by Crippen LogP contribution is -2.31. The van der Waals surface area contributed by atoms with Crippen LogP contribution in [-0.2, 0) is 0 Å². The second-order valence-electron chi connectivity index (χ2n) is 4.51. The molecule has 2 nitrogen and oxygen atoms in total. The van der Waals surface area contributed by atoms with Gasteiger partial charge in [0.15, 0.2) is 0 Å². The van der Waals surface area contributed by atoms with Crippen molar-refractivity contribution in [3.05, 3.63) is 34.9 Å². The predicted octanol–water partition coefficient (Wildman–Crippen LogP) is 2.52. The molecule has 0 bridgehead atoms. The summed E-state index contributed by atoms with van der Waals surface area (Å²) in [6.07, 6.45) is 1.97. The monoisotopic (exact) mass is 225 g/mol. The van der Waals surface area contributed by atoms with Crippen molar-refractivity contribution in [1.29, 1.82) is 0 Å². The predicted molar refractivity (Wildman–Crippen MR) is 62.1 cm³/mol. The summed E-state index contributed by atoms with van der Waals surface area (Å²) >= 11 is 5.78. The minimum atomic E-state index is -0.445. The molecule has 1 aliphatic carbocycles. The molecule has 1 atom stereocenters. The standard InChI is InChI=1S/C12H16ClNO/c1-12(6-7-12)14-8-11(15)9-2-4-10(13)5-3-9/h2-5,11,14-15H,6-8H2,1H3. The summed E-state index contributed by atoms with van der Waals surface area (Å²) in [6.45, 7) is 2.79. The molecular weight excluding hydrogens is 210 g/mol. The Hall–Kier alpha value is -0.570. The van der Waals surface area contributed by atoms with E-state index in [1.165, 1.54) is 12.8 Å². The molecule has 15 heavy (non-hydrogen) atoms. The van der Waals surface area contributed by atoms with Crippen molar-refractivity contribution in [3.8, 4) is 0 Å². The van der Waals surface area contributed by atoms with E-state index in [-0.39, 0.29) is 5.54 Å². The SMILES string of the molecule is CC1(NCC(O)c2ccc(Cl)cc2)CC1. The summed E-state index contributed by atoms with van der Waals surface area (Å²) in [4.78, 5) is 0. The zero-order valence-corrected chi connectivity index (χ0v) is 9.59. The third kappa shape index (κ3) is 2.94. The quantitative estimate of drug-likeness (QED) is 0.826. The lowest BCUT2D eigenvalue weighted by molar-refractivity contribution is 0.169. The van der Waals surface area contributed by atoms with Crippen LogP contribution in [0.1, 0.15) is 31.4 Å². The van der Waals surface area contributed by atoms with E-state index in [4.69, 9.17) is 11.6 Å². The van der Waals surface area contributed by atoms with Gasteiger partial charge in [0.1, 0.15) is 0 Å². The van der Waals surface area contributed by atoms with Gasteiger partial charge >= 0.3 is 0 Å². The Kier molecular flexibility index (Phi) is 3.01. The van der Waals surface area contributed by atoms with Crippen LogP contribution < -0.4 is 5.32 Å². The molecule has 2 N–H and O–H groups in total. The Balaban J connectivity index is 1.89. The number of benzene rings is 1. The molecule has 1 aromatic rings. The number of nitrogens with one attached hydrogen (secondary N) is 1. The normalized spacial score (nSPS) is 19.9. The van der Waals surface area contributed by atoms with Crippen LogP contribution in [0.3, 0.4) is 0 Å². The van der Waals surface area contributed by atoms with Crippen molar-refractivity contribution < 1.29 is 5.11 Å². The minimum Gasteiger partial charge on any atom is -0.387 e. The van der Waals surface area contributed by atoms with Gasteiger partial charge in [-0.15, -0.1) is 0 Å². The van der Waals surface area contributed by atoms with Crippen LogP contribution >= 0.6 is 11.6 Å². The van der Waals surface area contributed by atoms with Crippen molar-refractivity contribution in [1.82, 2.24) is 5.32 Å². The number of aliphatic hydroxyl groups excluding tert-OH is 1. The highest BCUT2D eigenvalue weighted by Crippen LogP contribution is 2.34. The Labute approximate surface area is 95.3 Å². The van der Waals surface area contributed by atoms with Gasteiger partial charge in [0.05, 0.1) is 6.10 Å². The molecule has 0 aliphatic heterocycles. The first-order valence-electron chi connectivity index (χ1n) is 5.28. The van der Waals surface area contributed by atoms with Crippen LogP contribution in [0.4, 0.5) is 0 Å². The average Bonchev–Trinajstić information content (AvgIpc) is 2.95. The molecule has 0 radical (unpaired) electrons. The molecule has 0 amide bonds. The Morgan fingerprint density at radius 1 is 1.40 bits per heavy atom. The van der Waals surface area contributed by atoms with E-state index in [0.717, 1.165) is 5.56 Å². The second kappa shape index (κ2) is 4.12. The zero-order chi connectivity index (χ0) is 10.9. The molecule has 1 aromatic carbocycles. The molecule has 0 heterocycles. The summed E-state index contributed by atoms with van der Waals surface area (Å²) in [7, 11) is 0. The number of hydrogen-bond donors (Lipinski definition) is 2. The zero-order valence-electron chi connectivity index (χ0n) is 8.83. The lowest BCUT2D eigenvalue weighted by Gasteiger charge is -2.16. The van der Waals surface area contributed by atoms with E-state index in [1.54, 1.807) is 12.1 Å². The average molecular weight is 226 g/mol. The van der Waals surface area contributed by atoms with Gasteiger partial charge in [0.25, 0.3) is 0 Å². The first-order chi connectivity index (χ1) is 7.09. The van der Waals surface area contributed by atoms with Gasteiger partial charge in [0, 0.05) is 17.1 Å². The molecular formula is C12H16ClNO. The highest BCUT2D eigenvalue weighted by Gasteiger charge is 2.36. The molecule has 0 spiro atoms. The van der Waals surface area contributed by atoms with Gasteiger partial charge < -0.3 is 10.4 Å². The second-order valence-corrected chi connectivity index (χ2v) is 4.95. The van der Waals surface area contributed by atoms with Crippen molar-refractivity contribution in [3.63, 3.8) is 0 Å². The van der Waals surface area contributed by atoms with Crippen LogP contribution in [0.25, 0.3) is 0 Å². The van der Waals surface area contributed by atoms with Crippen LogP contribution in [0.2, 0.25) is 5.02 Å². The number of β-amino-alcohol motifs (C(OH)–C–C–N with tert-alkyl or cyclic N) is 1. The van der Waals surface area contributed by atoms with Crippen LogP contribution in [0.15, 0.2) is 24.3 Å². The summed E-state index contributed by atoms with van der Waals surface area (Å²) < 4.78 is 0. The first-order valence-corrected chi connectivity index (χ1v) is 5.65. The Morgan fingerprint density at radius 3 is 2.53 bits per heavy atom. The first kappa shape index (κ1) is 10.9. The Bertz CT molecular complexity index is 332. The van der Waals surface area contributed by atoms with Crippen molar-refractivity contribution in [2.75, 3.05) is 6.54 Å². The Morgan fingerprint density at radius 2 is 2.00 bits per heavy atom. The van der Waals surface area contributed by atoms with E-state index in [0.29, 0.717) is 11.6 Å². The maximum atomic E-state index is 9.90. The highest BCUT2D eigenvalue weighted by atomic mass is 35.5. The third-order valence-corrected chi connectivity index (χ3v) is 3.23. The highest BCUT2D eigenvalue weighted by molar-refractivity contribution is 6.30. The van der Waals surface area contributed by atoms with E-state index in [2.05, 4.69) is 12.2 Å². The fourth-order valence-corrected chi connectivity index (χ4v) is 1.64. The molecule has 3 heteroatoms. The molecule has 2 rings (SSSR count). The number of hydrogen-bond acceptors (Lipinski definition) is 2. The van der Waals surface area contributed by atoms with E-state index in [1.807, 2.05) is 12.1 Å². The summed E-state index contributed by atoms with van der Waals surface area (Å²) in [5.74, 6) is 0. The van der Waals surface area contributed by atoms with Crippen LogP contribution in [0.5, 0.6) is 0 Å². The van der Waals surface area contributed by atoms with E-state index >= 15 is 0 Å². The number of aliphatic hydroxyl groups is 1. The number of halogens is 1. The van der Waals surface area contributed by atoms with Gasteiger partial charge in [-0.2, -0.15) is 0 Å². The maximum Gasteiger partial charge on any atom is 0.0914 e. The van der Waals surface area contributed by atoms with Gasteiger partial charge in [0.2, 0.25) is 0 Å². The maximum absolute atomic E-state index is 9.90. The lowest BCUT2D eigenvalue weighted by atomic mass is 10.1. The third-order valence-electron chi connectivity index (χ3n) is 2.98. The van der Waals surface area contributed by atoms with Crippen molar-refractivity contribution in [2.45, 2.75) is 31.4 Å². The van der Waals surface area contributed by atoms with Crippen molar-refractivity contribution >= 4 is 11.6 Å². The molecule has 1 aliphatic rings. The topological polar surface area (TPSA) is 32.3 Å². The fraction of sp³-hybridized carbons (Fsp3) is 0.500. The molecule has 1 unspecified atom stereocenters. The van der Waals surface area contributed by atoms with Gasteiger partial charge in [-0.1, -0.05) is 23.7 Å². The molecule has 82 valence electrons. The van der Waals surface area contributed by atoms with E-state index in [9.17, 15) is 5.11 Å². The van der Waals surface area contributed by atoms with Gasteiger partial charge in [-0.05, 0) is 37.5 Å². The van der Waals surface area contributed by atoms with E-state index < -0.39 is 6.10 Å². The largest absolute Gasteiger partial charge is 0.387 e. The smallest absolute Gasteiger partial charge is 0.0914 e. The summed E-state index contributed by atoms with van der Waals surface area (Å²) in [5.41, 5.74) is 1.18. The molecule has 0 saturated heterocycles. The van der Waals surface area contributed by atoms with Crippen LogP contribution in [-0.4, -0.2) is 17.2 Å². The van der Waals surface area contributed by atoms with Gasteiger partial charge in [-0.25, -0.2) is 0 Å². The van der Waals surface area contributed by atoms with Crippen molar-refractivity contribution in [2.24, 2.45) is 0 Å². The molecule has 0 aromatic heterocycles. The molecule has 1 saturated carbocycles. The molecule has 1 fully saturated rings. The summed E-state index contributed by atoms with van der Waals surface area (Å²) in [5, 5.41) is 14.0. The number of rotatable bonds is 4. The fourth-order valence-electron chi connectivity index (χ4n) is 1.51. The summed E-state index contributed by atoms with van der Waals surface area (Å²) in [6, 6.07) is 7.34. The minimum absolute atomic E-state index is 0.271. The van der Waals surface area contributed by atoms with Gasteiger partial charge in [-0.3, -0.25) is 0 Å².